The van der Waals surface area contributed by atoms with Crippen molar-refractivity contribution in [1.82, 2.24) is 19.9 Å². The fraction of sp³-hybridized carbons (Fsp3) is 0.448. The molecule has 4 N–H and O–H groups in total. The number of carbonyl (C=O) groups is 1. The number of rotatable bonds is 12. The quantitative estimate of drug-likeness (QED) is 0.255. The van der Waals surface area contributed by atoms with Crippen LogP contribution >= 0.6 is 23.2 Å². The zero-order valence-corrected chi connectivity index (χ0v) is 25.2. The summed E-state index contributed by atoms with van der Waals surface area (Å²) in [5.41, 5.74) is 7.70. The summed E-state index contributed by atoms with van der Waals surface area (Å²) in [4.78, 5) is 28.6. The highest BCUT2D eigenvalue weighted by molar-refractivity contribution is 6.41. The Bertz CT molecular complexity index is 1450. The number of likely N-dealkylation sites (tertiary alicyclic amines) is 1. The third-order valence-electron chi connectivity index (χ3n) is 7.63. The Labute approximate surface area is 254 Å². The molecule has 0 bridgehead atoms. The molecule has 1 aromatic carbocycles. The van der Waals surface area contributed by atoms with Crippen LogP contribution in [-0.4, -0.2) is 91.3 Å². The minimum Gasteiger partial charge on any atom is -0.495 e. The number of methoxy groups -OCH3 is 2. The summed E-state index contributed by atoms with van der Waals surface area (Å²) in [5.74, 6) is 1.75. The van der Waals surface area contributed by atoms with Crippen LogP contribution in [0, 0.1) is 5.92 Å². The number of halogens is 2. The number of ketones is 1. The van der Waals surface area contributed by atoms with Gasteiger partial charge in [-0.25, -0.2) is 15.0 Å². The van der Waals surface area contributed by atoms with E-state index in [0.29, 0.717) is 76.3 Å². The van der Waals surface area contributed by atoms with E-state index in [1.165, 1.54) is 20.3 Å². The van der Waals surface area contributed by atoms with Gasteiger partial charge in [-0.2, -0.15) is 0 Å². The molecule has 42 heavy (non-hydrogen) atoms. The molecule has 224 valence electrons. The summed E-state index contributed by atoms with van der Waals surface area (Å²) in [6.45, 7) is 7.75. The molecular weight excluding hydrogens is 581 g/mol. The van der Waals surface area contributed by atoms with Crippen molar-refractivity contribution in [2.75, 3.05) is 64.2 Å². The molecule has 0 spiro atoms. The van der Waals surface area contributed by atoms with E-state index in [0.717, 1.165) is 31.4 Å². The second-order valence-corrected chi connectivity index (χ2v) is 11.2. The molecule has 0 saturated carbocycles. The third kappa shape index (κ3) is 6.55. The van der Waals surface area contributed by atoms with Gasteiger partial charge in [-0.15, -0.1) is 0 Å². The number of nitrogens with zero attached hydrogens (tertiary/aromatic N) is 4. The number of nitrogens with one attached hydrogen (secondary N) is 2. The lowest BCUT2D eigenvalue weighted by molar-refractivity contribution is -0.115. The van der Waals surface area contributed by atoms with Crippen molar-refractivity contribution in [2.45, 2.75) is 24.9 Å². The molecule has 3 atom stereocenters. The molecule has 2 aliphatic heterocycles. The number of carbonyl (C=O) groups excluding carboxylic acids is 1. The number of allylic oxidation sites excluding steroid dienone is 1. The lowest BCUT2D eigenvalue weighted by Crippen LogP contribution is -2.30. The van der Waals surface area contributed by atoms with E-state index in [1.54, 1.807) is 12.3 Å². The number of hydrogen-bond acceptors (Lipinski definition) is 11. The number of hydrogen-bond donors (Lipinski definition) is 3. The van der Waals surface area contributed by atoms with Crippen LogP contribution in [0.25, 0.3) is 22.2 Å². The smallest absolute Gasteiger partial charge is 0.223 e. The first-order valence-corrected chi connectivity index (χ1v) is 14.6. The van der Waals surface area contributed by atoms with Gasteiger partial charge in [-0.1, -0.05) is 29.8 Å². The second-order valence-electron chi connectivity index (χ2n) is 10.5. The Kier molecular flexibility index (Phi) is 9.64. The number of nitrogens with two attached hydrogens (primary N) is 1. The molecule has 5 rings (SSSR count). The fourth-order valence-electron chi connectivity index (χ4n) is 5.34. The maximum absolute atomic E-state index is 12.0. The average Bonchev–Trinajstić information content (AvgIpc) is 3.61. The van der Waals surface area contributed by atoms with Crippen molar-refractivity contribution in [2.24, 2.45) is 11.7 Å². The predicted molar refractivity (Wildman–Crippen MR) is 165 cm³/mol. The number of benzene rings is 1. The fourth-order valence-corrected chi connectivity index (χ4v) is 6.03. The van der Waals surface area contributed by atoms with E-state index in [1.807, 2.05) is 6.07 Å². The third-order valence-corrected chi connectivity index (χ3v) is 8.38. The van der Waals surface area contributed by atoms with Crippen molar-refractivity contribution in [3.05, 3.63) is 41.0 Å². The molecule has 0 amide bonds. The highest BCUT2D eigenvalue weighted by Gasteiger charge is 2.30. The van der Waals surface area contributed by atoms with Crippen LogP contribution in [0.5, 0.6) is 11.5 Å². The number of anilines is 2. The monoisotopic (exact) mass is 615 g/mol. The predicted octanol–water partition coefficient (Wildman–Crippen LogP) is 4.03. The van der Waals surface area contributed by atoms with Gasteiger partial charge in [0, 0.05) is 61.2 Å². The van der Waals surface area contributed by atoms with Crippen molar-refractivity contribution < 1.29 is 19.0 Å². The SMILES string of the molecule is C=CC(=O)C[C@H]1COC[C@H]1Nc1ncc2cc(-c3c(Cl)c(OC)cc(OC)c3Cl)nc(NCCN3CCC(N)C3)c2n1. The van der Waals surface area contributed by atoms with Crippen molar-refractivity contribution in [1.29, 1.82) is 0 Å². The van der Waals surface area contributed by atoms with Gasteiger partial charge >= 0.3 is 0 Å². The minimum atomic E-state index is -0.115. The van der Waals surface area contributed by atoms with Crippen molar-refractivity contribution in [3.63, 3.8) is 0 Å². The first-order chi connectivity index (χ1) is 20.3. The van der Waals surface area contributed by atoms with Gasteiger partial charge in [0.05, 0.1) is 49.2 Å². The molecule has 11 nitrogen and oxygen atoms in total. The molecule has 1 unspecified atom stereocenters. The van der Waals surface area contributed by atoms with E-state index in [2.05, 4.69) is 27.1 Å². The first-order valence-electron chi connectivity index (χ1n) is 13.8. The molecule has 3 aromatic rings. The van der Waals surface area contributed by atoms with E-state index >= 15 is 0 Å². The highest BCUT2D eigenvalue weighted by Crippen LogP contribution is 2.46. The number of aromatic nitrogens is 3. The molecule has 4 heterocycles. The van der Waals surface area contributed by atoms with E-state index in [9.17, 15) is 4.79 Å². The van der Waals surface area contributed by atoms with Crippen molar-refractivity contribution in [3.8, 4) is 22.8 Å². The summed E-state index contributed by atoms with van der Waals surface area (Å²) >= 11 is 13.5. The van der Waals surface area contributed by atoms with Gasteiger partial charge in [-0.3, -0.25) is 9.69 Å². The first kappa shape index (κ1) is 30.2. The Balaban J connectivity index is 1.51. The molecule has 2 aromatic heterocycles. The van der Waals surface area contributed by atoms with Gasteiger partial charge in [0.25, 0.3) is 0 Å². The van der Waals surface area contributed by atoms with Crippen LogP contribution in [-0.2, 0) is 9.53 Å². The van der Waals surface area contributed by atoms with Gasteiger partial charge in [0.15, 0.2) is 11.6 Å². The molecule has 0 aliphatic carbocycles. The van der Waals surface area contributed by atoms with Gasteiger partial charge in [0.1, 0.15) is 17.0 Å². The zero-order valence-electron chi connectivity index (χ0n) is 23.7. The minimum absolute atomic E-state index is 0.00736. The molecule has 2 aliphatic rings. The lowest BCUT2D eigenvalue weighted by atomic mass is 9.97. The van der Waals surface area contributed by atoms with Crippen LogP contribution in [0.1, 0.15) is 12.8 Å². The van der Waals surface area contributed by atoms with E-state index < -0.39 is 0 Å². The Hall–Kier alpha value is -3.22. The second kappa shape index (κ2) is 13.4. The van der Waals surface area contributed by atoms with Gasteiger partial charge < -0.3 is 30.6 Å². The molecule has 13 heteroatoms. The number of ether oxygens (including phenoxy) is 3. The van der Waals surface area contributed by atoms with Crippen LogP contribution in [0.15, 0.2) is 31.0 Å². The summed E-state index contributed by atoms with van der Waals surface area (Å²) in [5, 5.41) is 8.17. The van der Waals surface area contributed by atoms with Gasteiger partial charge in [-0.05, 0) is 25.1 Å². The number of pyridine rings is 1. The Morgan fingerprint density at radius 1 is 1.21 bits per heavy atom. The normalized spacial score (nSPS) is 20.5. The topological polar surface area (TPSA) is 137 Å². The zero-order chi connectivity index (χ0) is 29.8. The summed E-state index contributed by atoms with van der Waals surface area (Å²) in [6.07, 6.45) is 4.39. The van der Waals surface area contributed by atoms with Gasteiger partial charge in [0.2, 0.25) is 5.95 Å². The van der Waals surface area contributed by atoms with Crippen molar-refractivity contribution >= 4 is 51.7 Å². The van der Waals surface area contributed by atoms with Crippen LogP contribution < -0.4 is 25.8 Å². The largest absolute Gasteiger partial charge is 0.495 e. The Morgan fingerprint density at radius 2 is 1.98 bits per heavy atom. The van der Waals surface area contributed by atoms with E-state index in [-0.39, 0.29) is 23.8 Å². The standard InChI is InChI=1S/C29H35Cl2N7O4/c1-4-19(39)9-17-14-42-15-21(17)36-29-34-12-16-10-20(24-25(30)22(40-2)11-23(41-3)26(24)31)35-28(27(16)37-29)33-6-8-38-7-5-18(32)13-38/h4,10-12,17-18,21H,1,5-9,13-15,32H2,2-3H3,(H,33,35)(H,34,36,37)/t17-,18?,21+/m0/s1. The highest BCUT2D eigenvalue weighted by atomic mass is 35.5. The summed E-state index contributed by atoms with van der Waals surface area (Å²) in [6, 6.07) is 3.56. The van der Waals surface area contributed by atoms with Crippen LogP contribution in [0.4, 0.5) is 11.8 Å². The average molecular weight is 617 g/mol. The molecular formula is C29H35Cl2N7O4. The van der Waals surface area contributed by atoms with E-state index in [4.69, 9.17) is 53.1 Å². The Morgan fingerprint density at radius 3 is 2.64 bits per heavy atom. The maximum Gasteiger partial charge on any atom is 0.223 e. The molecule has 0 radical (unpaired) electrons. The van der Waals surface area contributed by atoms with Crippen LogP contribution in [0.3, 0.4) is 0 Å². The lowest BCUT2D eigenvalue weighted by Gasteiger charge is -2.20. The molecule has 2 fully saturated rings. The summed E-state index contributed by atoms with van der Waals surface area (Å²) < 4.78 is 16.6. The maximum atomic E-state index is 12.0. The summed E-state index contributed by atoms with van der Waals surface area (Å²) in [7, 11) is 3.05. The molecule has 2 saturated heterocycles. The van der Waals surface area contributed by atoms with Crippen LogP contribution in [0.2, 0.25) is 10.0 Å². The number of fused-ring (bicyclic) bond motifs is 1.